The minimum Gasteiger partial charge on any atom is -0.310 e. The molecule has 0 radical (unpaired) electrons. The predicted octanol–water partition coefficient (Wildman–Crippen LogP) is 1.26. The third-order valence-corrected chi connectivity index (χ3v) is 3.22. The molecular formula is C14H22N6. The molecule has 0 saturated carbocycles. The normalized spacial score (nSPS) is 12.8. The van der Waals surface area contributed by atoms with Gasteiger partial charge in [0.15, 0.2) is 0 Å². The number of hydrogen-bond donors (Lipinski definition) is 1. The smallest absolute Gasteiger partial charge is 0.143 e. The van der Waals surface area contributed by atoms with Gasteiger partial charge in [-0.25, -0.2) is 4.68 Å². The Morgan fingerprint density at radius 2 is 2.20 bits per heavy atom. The van der Waals surface area contributed by atoms with Gasteiger partial charge in [-0.1, -0.05) is 12.1 Å². The highest BCUT2D eigenvalue weighted by molar-refractivity contribution is 5.35. The second-order valence-electron chi connectivity index (χ2n) is 5.18. The van der Waals surface area contributed by atoms with E-state index in [4.69, 9.17) is 0 Å². The summed E-state index contributed by atoms with van der Waals surface area (Å²) in [5.41, 5.74) is 2.22. The molecule has 2 rings (SSSR count). The molecule has 0 aliphatic carbocycles. The van der Waals surface area contributed by atoms with Gasteiger partial charge < -0.3 is 10.2 Å². The van der Waals surface area contributed by atoms with Gasteiger partial charge in [0.1, 0.15) is 6.33 Å². The first-order valence-electron chi connectivity index (χ1n) is 6.88. The largest absolute Gasteiger partial charge is 0.310 e. The lowest BCUT2D eigenvalue weighted by molar-refractivity contribution is 0.389. The molecule has 6 heteroatoms. The Bertz CT molecular complexity index is 508. The summed E-state index contributed by atoms with van der Waals surface area (Å²) in [7, 11) is 4.19. The molecule has 0 fully saturated rings. The summed E-state index contributed by atoms with van der Waals surface area (Å²) in [6, 6.07) is 8.58. The average molecular weight is 274 g/mol. The van der Waals surface area contributed by atoms with Gasteiger partial charge in [-0.05, 0) is 68.7 Å². The van der Waals surface area contributed by atoms with Gasteiger partial charge in [-0.2, -0.15) is 0 Å². The van der Waals surface area contributed by atoms with Gasteiger partial charge in [0.2, 0.25) is 0 Å². The van der Waals surface area contributed by atoms with Crippen molar-refractivity contribution in [3.05, 3.63) is 36.2 Å². The van der Waals surface area contributed by atoms with E-state index < -0.39 is 0 Å². The number of benzene rings is 1. The van der Waals surface area contributed by atoms with Gasteiger partial charge in [0.25, 0.3) is 0 Å². The van der Waals surface area contributed by atoms with Crippen LogP contribution in [0.15, 0.2) is 30.6 Å². The van der Waals surface area contributed by atoms with E-state index in [1.54, 1.807) is 11.0 Å². The average Bonchev–Trinajstić information content (AvgIpc) is 2.97. The lowest BCUT2D eigenvalue weighted by atomic mass is 10.1. The van der Waals surface area contributed by atoms with Crippen LogP contribution in [0.3, 0.4) is 0 Å². The zero-order valence-electron chi connectivity index (χ0n) is 12.3. The summed E-state index contributed by atoms with van der Waals surface area (Å²) in [6.45, 7) is 4.28. The van der Waals surface area contributed by atoms with E-state index in [2.05, 4.69) is 58.9 Å². The highest BCUT2D eigenvalue weighted by Gasteiger charge is 2.06. The maximum Gasteiger partial charge on any atom is 0.143 e. The molecule has 1 N–H and O–H groups in total. The quantitative estimate of drug-likeness (QED) is 0.770. The first kappa shape index (κ1) is 14.6. The van der Waals surface area contributed by atoms with Crippen LogP contribution >= 0.6 is 0 Å². The van der Waals surface area contributed by atoms with Crippen molar-refractivity contribution in [1.82, 2.24) is 30.4 Å². The fraction of sp³-hybridized carbons (Fsp3) is 0.500. The third kappa shape index (κ3) is 4.11. The molecule has 0 aliphatic heterocycles. The number of nitrogens with zero attached hydrogens (tertiary/aromatic N) is 5. The number of rotatable bonds is 7. The highest BCUT2D eigenvalue weighted by atomic mass is 15.5. The van der Waals surface area contributed by atoms with Gasteiger partial charge in [0, 0.05) is 6.04 Å². The maximum absolute atomic E-state index is 3.91. The number of tetrazole rings is 1. The van der Waals surface area contributed by atoms with E-state index in [1.165, 1.54) is 5.56 Å². The third-order valence-electron chi connectivity index (χ3n) is 3.22. The Morgan fingerprint density at radius 3 is 2.90 bits per heavy atom. The second kappa shape index (κ2) is 7.12. The molecular weight excluding hydrogens is 252 g/mol. The molecule has 0 saturated heterocycles. The SMILES string of the molecule is CC(NCCCN(C)C)c1cccc(-n2cnnn2)c1. The molecule has 6 nitrogen and oxygen atoms in total. The number of aromatic nitrogens is 4. The van der Waals surface area contributed by atoms with Crippen LogP contribution in [0.5, 0.6) is 0 Å². The van der Waals surface area contributed by atoms with Crippen LogP contribution in [0.1, 0.15) is 24.9 Å². The summed E-state index contributed by atoms with van der Waals surface area (Å²) in [4.78, 5) is 2.20. The molecule has 2 aromatic rings. The van der Waals surface area contributed by atoms with Crippen LogP contribution in [-0.4, -0.2) is 52.3 Å². The molecule has 1 unspecified atom stereocenters. The first-order chi connectivity index (χ1) is 9.66. The van der Waals surface area contributed by atoms with E-state index >= 15 is 0 Å². The van der Waals surface area contributed by atoms with Crippen molar-refractivity contribution in [2.75, 3.05) is 27.2 Å². The minimum atomic E-state index is 0.314. The Morgan fingerprint density at radius 1 is 1.35 bits per heavy atom. The molecule has 0 amide bonds. The molecule has 1 aromatic heterocycles. The van der Waals surface area contributed by atoms with Crippen LogP contribution in [0.2, 0.25) is 0 Å². The van der Waals surface area contributed by atoms with E-state index in [0.717, 1.165) is 25.2 Å². The summed E-state index contributed by atoms with van der Waals surface area (Å²) >= 11 is 0. The summed E-state index contributed by atoms with van der Waals surface area (Å²) in [5.74, 6) is 0. The summed E-state index contributed by atoms with van der Waals surface area (Å²) < 4.78 is 1.67. The van der Waals surface area contributed by atoms with Crippen LogP contribution in [0.25, 0.3) is 5.69 Å². The maximum atomic E-state index is 3.91. The standard InChI is InChI=1S/C14H22N6/c1-12(15-8-5-9-19(2)3)13-6-4-7-14(10-13)20-11-16-17-18-20/h4,6-7,10-12,15H,5,8-9H2,1-3H3. The van der Waals surface area contributed by atoms with Gasteiger partial charge in [0.05, 0.1) is 5.69 Å². The lowest BCUT2D eigenvalue weighted by Gasteiger charge is -2.16. The van der Waals surface area contributed by atoms with Crippen molar-refractivity contribution in [2.24, 2.45) is 0 Å². The summed E-state index contributed by atoms with van der Waals surface area (Å²) in [6.07, 6.45) is 2.75. The monoisotopic (exact) mass is 274 g/mol. The number of nitrogens with one attached hydrogen (secondary N) is 1. The molecule has 1 aromatic carbocycles. The van der Waals surface area contributed by atoms with Crippen LogP contribution in [-0.2, 0) is 0 Å². The predicted molar refractivity (Wildman–Crippen MR) is 78.7 cm³/mol. The Hall–Kier alpha value is -1.79. The molecule has 0 spiro atoms. The van der Waals surface area contributed by atoms with Crippen molar-refractivity contribution in [3.63, 3.8) is 0 Å². The van der Waals surface area contributed by atoms with Gasteiger partial charge in [-0.3, -0.25) is 0 Å². The zero-order chi connectivity index (χ0) is 14.4. The molecule has 0 aliphatic rings. The van der Waals surface area contributed by atoms with Gasteiger partial charge >= 0.3 is 0 Å². The van der Waals surface area contributed by atoms with E-state index in [0.29, 0.717) is 6.04 Å². The van der Waals surface area contributed by atoms with E-state index in [-0.39, 0.29) is 0 Å². The fourth-order valence-corrected chi connectivity index (χ4v) is 2.05. The van der Waals surface area contributed by atoms with Crippen LogP contribution in [0.4, 0.5) is 0 Å². The van der Waals surface area contributed by atoms with E-state index in [1.807, 2.05) is 12.1 Å². The second-order valence-corrected chi connectivity index (χ2v) is 5.18. The first-order valence-corrected chi connectivity index (χ1v) is 6.88. The Balaban J connectivity index is 1.93. The van der Waals surface area contributed by atoms with Crippen molar-refractivity contribution in [3.8, 4) is 5.69 Å². The van der Waals surface area contributed by atoms with Crippen molar-refractivity contribution in [1.29, 1.82) is 0 Å². The van der Waals surface area contributed by atoms with Crippen molar-refractivity contribution in [2.45, 2.75) is 19.4 Å². The highest BCUT2D eigenvalue weighted by Crippen LogP contribution is 2.15. The molecule has 1 heterocycles. The van der Waals surface area contributed by atoms with Crippen LogP contribution in [0, 0.1) is 0 Å². The van der Waals surface area contributed by atoms with E-state index in [9.17, 15) is 0 Å². The Kier molecular flexibility index (Phi) is 5.20. The van der Waals surface area contributed by atoms with Crippen LogP contribution < -0.4 is 5.32 Å². The Labute approximate surface area is 119 Å². The lowest BCUT2D eigenvalue weighted by Crippen LogP contribution is -2.23. The zero-order valence-corrected chi connectivity index (χ0v) is 12.3. The van der Waals surface area contributed by atoms with Gasteiger partial charge in [-0.15, -0.1) is 5.10 Å². The minimum absolute atomic E-state index is 0.314. The summed E-state index contributed by atoms with van der Waals surface area (Å²) in [5, 5.41) is 14.8. The van der Waals surface area contributed by atoms with Crippen molar-refractivity contribution >= 4 is 0 Å². The topological polar surface area (TPSA) is 58.9 Å². The van der Waals surface area contributed by atoms with Crippen molar-refractivity contribution < 1.29 is 0 Å². The molecule has 108 valence electrons. The molecule has 0 bridgehead atoms. The fourth-order valence-electron chi connectivity index (χ4n) is 2.05. The number of hydrogen-bond acceptors (Lipinski definition) is 5. The molecule has 20 heavy (non-hydrogen) atoms. The molecule has 1 atom stereocenters.